The first-order valence-corrected chi connectivity index (χ1v) is 14.3. The fourth-order valence-electron chi connectivity index (χ4n) is 3.25. The summed E-state index contributed by atoms with van der Waals surface area (Å²) in [4.78, 5) is 0. The molecule has 0 spiro atoms. The lowest BCUT2D eigenvalue weighted by molar-refractivity contribution is 0.657. The molecule has 0 radical (unpaired) electrons. The molecular formula is C16H33NSi2. The lowest BCUT2D eigenvalue weighted by Crippen LogP contribution is -2.51. The Morgan fingerprint density at radius 2 is 1.84 bits per heavy atom. The maximum absolute atomic E-state index is 2.89. The normalized spacial score (nSPS) is 15.7. The van der Waals surface area contributed by atoms with Gasteiger partial charge in [0.1, 0.15) is 17.2 Å². The predicted molar refractivity (Wildman–Crippen MR) is 93.6 cm³/mol. The number of rotatable bonds is 8. The Kier molecular flexibility index (Phi) is 6.60. The van der Waals surface area contributed by atoms with Gasteiger partial charge in [-0.2, -0.15) is 0 Å². The van der Waals surface area contributed by atoms with Gasteiger partial charge in [0, 0.05) is 12.1 Å². The predicted octanol–water partition coefficient (Wildman–Crippen LogP) is 5.29. The fraction of sp³-hybridized carbons (Fsp3) is 0.750. The van der Waals surface area contributed by atoms with Gasteiger partial charge in [0.15, 0.2) is 0 Å². The van der Waals surface area contributed by atoms with Crippen LogP contribution in [0.15, 0.2) is 23.4 Å². The van der Waals surface area contributed by atoms with Crippen LogP contribution in [-0.2, 0) is 0 Å². The molecule has 0 aromatic heterocycles. The number of hydrogen-bond donors (Lipinski definition) is 0. The van der Waals surface area contributed by atoms with Crippen molar-refractivity contribution >= 4 is 17.2 Å². The highest BCUT2D eigenvalue weighted by Gasteiger charge is 2.30. The van der Waals surface area contributed by atoms with E-state index in [1.54, 1.807) is 11.3 Å². The van der Waals surface area contributed by atoms with Crippen molar-refractivity contribution in [2.45, 2.75) is 78.2 Å². The van der Waals surface area contributed by atoms with E-state index >= 15 is 0 Å². The van der Waals surface area contributed by atoms with Crippen LogP contribution >= 0.6 is 0 Å². The fourth-order valence-corrected chi connectivity index (χ4v) is 11.4. The van der Waals surface area contributed by atoms with Crippen LogP contribution in [-0.4, -0.2) is 21.4 Å². The summed E-state index contributed by atoms with van der Waals surface area (Å²) in [6, 6.07) is 0. The van der Waals surface area contributed by atoms with E-state index in [0.717, 1.165) is 0 Å². The van der Waals surface area contributed by atoms with Crippen molar-refractivity contribution in [1.29, 1.82) is 0 Å². The molecule has 1 nitrogen and oxygen atoms in total. The van der Waals surface area contributed by atoms with Crippen molar-refractivity contribution < 1.29 is 0 Å². The third-order valence-electron chi connectivity index (χ3n) is 3.83. The monoisotopic (exact) mass is 295 g/mol. The van der Waals surface area contributed by atoms with Crippen LogP contribution in [0.25, 0.3) is 0 Å². The number of hydrogen-bond acceptors (Lipinski definition) is 1. The van der Waals surface area contributed by atoms with Gasteiger partial charge in [0.2, 0.25) is 0 Å². The van der Waals surface area contributed by atoms with Gasteiger partial charge in [0.05, 0.1) is 0 Å². The Hall–Kier alpha value is -0.286. The molecule has 0 atom stereocenters. The van der Waals surface area contributed by atoms with E-state index in [9.17, 15) is 0 Å². The zero-order valence-electron chi connectivity index (χ0n) is 13.9. The second kappa shape index (κ2) is 7.48. The van der Waals surface area contributed by atoms with Crippen LogP contribution in [0.5, 0.6) is 0 Å². The zero-order valence-corrected chi connectivity index (χ0v) is 16.1. The summed E-state index contributed by atoms with van der Waals surface area (Å²) in [6.07, 6.45) is 12.8. The molecule has 1 aliphatic rings. The van der Waals surface area contributed by atoms with Gasteiger partial charge in [-0.05, 0) is 18.4 Å². The summed E-state index contributed by atoms with van der Waals surface area (Å²) < 4.78 is 2.89. The van der Waals surface area contributed by atoms with Crippen molar-refractivity contribution in [3.8, 4) is 0 Å². The smallest absolute Gasteiger partial charge is 0.138 e. The SMILES string of the molecule is CCCCCCC1=C(N([SiH](C)C)[Si](C)(C)C)CC=C1. The number of allylic oxidation sites excluding steroid dienone is 3. The Balaban J connectivity index is 2.76. The zero-order chi connectivity index (χ0) is 14.5. The minimum absolute atomic E-state index is 0.752. The third kappa shape index (κ3) is 4.95. The standard InChI is InChI=1S/C16H33NSi2/c1-7-8-9-10-12-15-13-11-14-16(15)17(18(2)3)19(4,5)6/h11,13,18H,7-10,12,14H2,1-6H3. The summed E-state index contributed by atoms with van der Waals surface area (Å²) in [5, 5.41) is 0. The Bertz CT molecular complexity index is 337. The van der Waals surface area contributed by atoms with Crippen molar-refractivity contribution in [2.75, 3.05) is 0 Å². The van der Waals surface area contributed by atoms with E-state index in [1.807, 2.05) is 0 Å². The average molecular weight is 296 g/mol. The summed E-state index contributed by atoms with van der Waals surface area (Å²) in [5.74, 6) is 0. The van der Waals surface area contributed by atoms with E-state index in [2.05, 4.69) is 56.0 Å². The largest absolute Gasteiger partial charge is 0.430 e. The summed E-state index contributed by atoms with van der Waals surface area (Å²) >= 11 is 0. The molecule has 1 rings (SSSR count). The van der Waals surface area contributed by atoms with E-state index < -0.39 is 17.2 Å². The molecule has 0 amide bonds. The molecular weight excluding hydrogens is 262 g/mol. The molecule has 0 heterocycles. The van der Waals surface area contributed by atoms with Crippen LogP contribution < -0.4 is 0 Å². The summed E-state index contributed by atoms with van der Waals surface area (Å²) in [6.45, 7) is 14.8. The van der Waals surface area contributed by atoms with Crippen molar-refractivity contribution in [3.05, 3.63) is 23.4 Å². The molecule has 0 saturated heterocycles. The second-order valence-corrected chi connectivity index (χ2v) is 15.1. The van der Waals surface area contributed by atoms with Crippen LogP contribution in [0.4, 0.5) is 0 Å². The van der Waals surface area contributed by atoms with Gasteiger partial charge in [-0.25, -0.2) is 0 Å². The topological polar surface area (TPSA) is 3.24 Å². The molecule has 0 N–H and O–H groups in total. The first kappa shape index (κ1) is 16.8. The maximum atomic E-state index is 2.89. The third-order valence-corrected chi connectivity index (χ3v) is 10.8. The molecule has 0 aliphatic heterocycles. The highest BCUT2D eigenvalue weighted by atomic mass is 28.4. The lowest BCUT2D eigenvalue weighted by atomic mass is 10.1. The van der Waals surface area contributed by atoms with Gasteiger partial charge in [-0.15, -0.1) is 0 Å². The number of unbranched alkanes of at least 4 members (excludes halogenated alkanes) is 3. The minimum atomic E-state index is -1.21. The van der Waals surface area contributed by atoms with Crippen LogP contribution in [0.2, 0.25) is 32.7 Å². The van der Waals surface area contributed by atoms with Gasteiger partial charge >= 0.3 is 0 Å². The molecule has 1 aliphatic carbocycles. The van der Waals surface area contributed by atoms with Gasteiger partial charge in [-0.1, -0.05) is 71.1 Å². The lowest BCUT2D eigenvalue weighted by Gasteiger charge is -2.42. The highest BCUT2D eigenvalue weighted by molar-refractivity contribution is 6.83. The molecule has 19 heavy (non-hydrogen) atoms. The molecule has 0 saturated carbocycles. The van der Waals surface area contributed by atoms with Crippen LogP contribution in [0.1, 0.15) is 45.4 Å². The Morgan fingerprint density at radius 3 is 2.37 bits per heavy atom. The van der Waals surface area contributed by atoms with Crippen molar-refractivity contribution in [1.82, 2.24) is 4.23 Å². The molecule has 110 valence electrons. The minimum Gasteiger partial charge on any atom is -0.430 e. The molecule has 0 unspecified atom stereocenters. The quantitative estimate of drug-likeness (QED) is 0.434. The van der Waals surface area contributed by atoms with Gasteiger partial charge in [-0.3, -0.25) is 0 Å². The molecule has 0 aromatic rings. The van der Waals surface area contributed by atoms with Crippen LogP contribution in [0.3, 0.4) is 0 Å². The van der Waals surface area contributed by atoms with Crippen LogP contribution in [0, 0.1) is 0 Å². The highest BCUT2D eigenvalue weighted by Crippen LogP contribution is 2.31. The first-order valence-electron chi connectivity index (χ1n) is 8.05. The summed E-state index contributed by atoms with van der Waals surface area (Å²) in [7, 11) is -1.97. The molecule has 0 fully saturated rings. The maximum Gasteiger partial charge on any atom is 0.138 e. The molecule has 0 bridgehead atoms. The molecule has 3 heteroatoms. The van der Waals surface area contributed by atoms with Gasteiger partial charge < -0.3 is 4.23 Å². The van der Waals surface area contributed by atoms with E-state index in [-0.39, 0.29) is 0 Å². The molecule has 0 aromatic carbocycles. The summed E-state index contributed by atoms with van der Waals surface area (Å²) in [5.41, 5.74) is 3.34. The Labute approximate surface area is 123 Å². The number of nitrogens with zero attached hydrogens (tertiary/aromatic N) is 1. The second-order valence-electron chi connectivity index (χ2n) is 7.02. The van der Waals surface area contributed by atoms with Crippen molar-refractivity contribution in [3.63, 3.8) is 0 Å². The van der Waals surface area contributed by atoms with E-state index in [4.69, 9.17) is 0 Å². The van der Waals surface area contributed by atoms with Crippen molar-refractivity contribution in [2.24, 2.45) is 0 Å². The average Bonchev–Trinajstić information content (AvgIpc) is 2.70. The van der Waals surface area contributed by atoms with E-state index in [1.165, 1.54) is 38.5 Å². The van der Waals surface area contributed by atoms with Gasteiger partial charge in [0.25, 0.3) is 0 Å². The van der Waals surface area contributed by atoms with E-state index in [0.29, 0.717) is 0 Å². The first-order chi connectivity index (χ1) is 8.88. The Morgan fingerprint density at radius 1 is 1.16 bits per heavy atom.